The average Bonchev–Trinajstić information content (AvgIpc) is 2.87. The first-order chi connectivity index (χ1) is 7.65. The van der Waals surface area contributed by atoms with Crippen molar-refractivity contribution < 1.29 is 0 Å². The van der Waals surface area contributed by atoms with E-state index in [0.717, 1.165) is 21.4 Å². The van der Waals surface area contributed by atoms with E-state index in [1.54, 1.807) is 22.7 Å². The maximum atomic E-state index is 4.60. The summed E-state index contributed by atoms with van der Waals surface area (Å²) in [7, 11) is 0. The highest BCUT2D eigenvalue weighted by Gasteiger charge is 2.11. The summed E-state index contributed by atoms with van der Waals surface area (Å²) in [6.45, 7) is 6.26. The van der Waals surface area contributed by atoms with Gasteiger partial charge in [0.05, 0.1) is 5.01 Å². The highest BCUT2D eigenvalue weighted by Crippen LogP contribution is 2.26. The van der Waals surface area contributed by atoms with Crippen molar-refractivity contribution in [1.29, 1.82) is 0 Å². The number of aryl methyl sites for hydroxylation is 3. The van der Waals surface area contributed by atoms with E-state index in [4.69, 9.17) is 0 Å². The Hall–Kier alpha value is -1.20. The lowest BCUT2D eigenvalue weighted by Gasteiger charge is -1.89. The van der Waals surface area contributed by atoms with Gasteiger partial charge in [0.25, 0.3) is 0 Å². The summed E-state index contributed by atoms with van der Waals surface area (Å²) in [5.74, 6) is 0. The lowest BCUT2D eigenvalue weighted by atomic mass is 10.4. The van der Waals surface area contributed by atoms with Crippen LogP contribution in [0.3, 0.4) is 0 Å². The number of fused-ring (bicyclic) bond motifs is 1. The molecule has 0 atom stereocenters. The molecule has 3 aromatic rings. The first kappa shape index (κ1) is 9.99. The van der Waals surface area contributed by atoms with Crippen LogP contribution >= 0.6 is 22.7 Å². The summed E-state index contributed by atoms with van der Waals surface area (Å²) < 4.78 is 2.14. The molecular weight excluding hydrogens is 238 g/mol. The molecule has 3 aromatic heterocycles. The Morgan fingerprint density at radius 3 is 2.56 bits per heavy atom. The highest BCUT2D eigenvalue weighted by molar-refractivity contribution is 7.17. The Kier molecular flexibility index (Phi) is 2.12. The van der Waals surface area contributed by atoms with Crippen LogP contribution in [0.25, 0.3) is 16.3 Å². The zero-order chi connectivity index (χ0) is 11.3. The van der Waals surface area contributed by atoms with Gasteiger partial charge >= 0.3 is 0 Å². The lowest BCUT2D eigenvalue weighted by molar-refractivity contribution is 1.11. The minimum atomic E-state index is 0.971. The summed E-state index contributed by atoms with van der Waals surface area (Å²) in [6, 6.07) is 0. The second-order valence-corrected chi connectivity index (χ2v) is 6.02. The van der Waals surface area contributed by atoms with Crippen molar-refractivity contribution in [3.63, 3.8) is 0 Å². The second-order valence-electron chi connectivity index (χ2n) is 3.77. The van der Waals surface area contributed by atoms with Crippen LogP contribution in [0.4, 0.5) is 0 Å². The van der Waals surface area contributed by atoms with Gasteiger partial charge in [0.15, 0.2) is 4.96 Å². The largest absolute Gasteiger partial charge is 0.294 e. The molecule has 0 saturated carbocycles. The van der Waals surface area contributed by atoms with E-state index in [2.05, 4.69) is 39.8 Å². The Morgan fingerprint density at radius 2 is 1.94 bits per heavy atom. The molecule has 0 unspecified atom stereocenters. The lowest BCUT2D eigenvalue weighted by Crippen LogP contribution is -1.82. The van der Waals surface area contributed by atoms with E-state index in [9.17, 15) is 0 Å². The third-order valence-electron chi connectivity index (χ3n) is 2.67. The summed E-state index contributed by atoms with van der Waals surface area (Å²) in [6.07, 6.45) is 2.07. The monoisotopic (exact) mass is 249 g/mol. The van der Waals surface area contributed by atoms with Gasteiger partial charge < -0.3 is 0 Å². The van der Waals surface area contributed by atoms with E-state index in [0.29, 0.717) is 0 Å². The molecule has 3 heterocycles. The van der Waals surface area contributed by atoms with Crippen LogP contribution in [0.15, 0.2) is 11.6 Å². The van der Waals surface area contributed by atoms with E-state index in [1.165, 1.54) is 10.6 Å². The predicted molar refractivity (Wildman–Crippen MR) is 68.4 cm³/mol. The minimum absolute atomic E-state index is 0.971. The van der Waals surface area contributed by atoms with Crippen LogP contribution in [0.2, 0.25) is 0 Å². The molecule has 0 N–H and O–H groups in total. The van der Waals surface area contributed by atoms with Gasteiger partial charge in [-0.2, -0.15) is 0 Å². The maximum absolute atomic E-state index is 4.60. The number of aromatic nitrogens is 3. The molecule has 0 aliphatic carbocycles. The van der Waals surface area contributed by atoms with Crippen molar-refractivity contribution in [3.8, 4) is 11.4 Å². The Labute approximate surface area is 101 Å². The van der Waals surface area contributed by atoms with Crippen molar-refractivity contribution in [2.24, 2.45) is 0 Å². The van der Waals surface area contributed by atoms with Gasteiger partial charge in [0, 0.05) is 22.1 Å². The molecule has 16 heavy (non-hydrogen) atoms. The summed E-state index contributed by atoms with van der Waals surface area (Å²) in [4.78, 5) is 11.4. The first-order valence-electron chi connectivity index (χ1n) is 5.03. The fourth-order valence-corrected chi connectivity index (χ4v) is 3.22. The zero-order valence-corrected chi connectivity index (χ0v) is 10.9. The molecule has 0 aliphatic rings. The zero-order valence-electron chi connectivity index (χ0n) is 9.31. The smallest absolute Gasteiger partial charge is 0.194 e. The molecule has 3 nitrogen and oxygen atoms in total. The number of imidazole rings is 1. The number of rotatable bonds is 1. The summed E-state index contributed by atoms with van der Waals surface area (Å²) >= 11 is 3.39. The summed E-state index contributed by atoms with van der Waals surface area (Å²) in [5.41, 5.74) is 3.22. The number of hydrogen-bond acceptors (Lipinski definition) is 4. The molecule has 0 spiro atoms. The molecule has 82 valence electrons. The van der Waals surface area contributed by atoms with Gasteiger partial charge in [-0.15, -0.1) is 22.7 Å². The van der Waals surface area contributed by atoms with Gasteiger partial charge in [-0.25, -0.2) is 9.97 Å². The molecule has 0 fully saturated rings. The third-order valence-corrected chi connectivity index (χ3v) is 4.52. The SMILES string of the molecule is Cc1nc(-c2cn3c(C)c(C)sc3n2)cs1. The maximum Gasteiger partial charge on any atom is 0.194 e. The van der Waals surface area contributed by atoms with Crippen LogP contribution in [0, 0.1) is 20.8 Å². The van der Waals surface area contributed by atoms with Gasteiger partial charge in [-0.1, -0.05) is 0 Å². The molecular formula is C11H11N3S2. The van der Waals surface area contributed by atoms with Crippen LogP contribution < -0.4 is 0 Å². The standard InChI is InChI=1S/C11H11N3S2/c1-6-7(2)16-11-13-9(4-14(6)11)10-5-15-8(3)12-10/h4-5H,1-3H3. The molecule has 0 aromatic carbocycles. The van der Waals surface area contributed by atoms with Crippen LogP contribution in [0.5, 0.6) is 0 Å². The number of thiazole rings is 2. The molecule has 5 heteroatoms. The van der Waals surface area contributed by atoms with E-state index >= 15 is 0 Å². The van der Waals surface area contributed by atoms with Gasteiger partial charge in [0.2, 0.25) is 0 Å². The Balaban J connectivity index is 2.19. The minimum Gasteiger partial charge on any atom is -0.294 e. The van der Waals surface area contributed by atoms with Crippen molar-refractivity contribution >= 4 is 27.6 Å². The molecule has 0 radical (unpaired) electrons. The fourth-order valence-electron chi connectivity index (χ4n) is 1.66. The van der Waals surface area contributed by atoms with E-state index < -0.39 is 0 Å². The van der Waals surface area contributed by atoms with Crippen LogP contribution in [-0.4, -0.2) is 14.4 Å². The molecule has 3 rings (SSSR count). The molecule has 0 bridgehead atoms. The van der Waals surface area contributed by atoms with Crippen LogP contribution in [-0.2, 0) is 0 Å². The van der Waals surface area contributed by atoms with Gasteiger partial charge in [-0.3, -0.25) is 4.40 Å². The Morgan fingerprint density at radius 1 is 1.12 bits per heavy atom. The number of hydrogen-bond donors (Lipinski definition) is 0. The quantitative estimate of drug-likeness (QED) is 0.661. The average molecular weight is 249 g/mol. The molecule has 0 amide bonds. The van der Waals surface area contributed by atoms with Gasteiger partial charge in [0.1, 0.15) is 11.4 Å². The molecule has 0 saturated heterocycles. The van der Waals surface area contributed by atoms with Crippen molar-refractivity contribution in [3.05, 3.63) is 27.2 Å². The van der Waals surface area contributed by atoms with Crippen molar-refractivity contribution in [2.45, 2.75) is 20.8 Å². The predicted octanol–water partition coefficient (Wildman–Crippen LogP) is 3.44. The van der Waals surface area contributed by atoms with Gasteiger partial charge in [-0.05, 0) is 20.8 Å². The second kappa shape index (κ2) is 3.40. The van der Waals surface area contributed by atoms with Crippen LogP contribution in [0.1, 0.15) is 15.6 Å². The third kappa shape index (κ3) is 1.39. The van der Waals surface area contributed by atoms with E-state index in [1.807, 2.05) is 6.92 Å². The topological polar surface area (TPSA) is 30.2 Å². The normalized spacial score (nSPS) is 11.4. The highest BCUT2D eigenvalue weighted by atomic mass is 32.1. The van der Waals surface area contributed by atoms with Crippen molar-refractivity contribution in [1.82, 2.24) is 14.4 Å². The fraction of sp³-hybridized carbons (Fsp3) is 0.273. The Bertz CT molecular complexity index is 660. The van der Waals surface area contributed by atoms with Crippen molar-refractivity contribution in [2.75, 3.05) is 0 Å². The molecule has 0 aliphatic heterocycles. The first-order valence-corrected chi connectivity index (χ1v) is 6.72. The summed E-state index contributed by atoms with van der Waals surface area (Å²) in [5, 5.41) is 3.14. The van der Waals surface area contributed by atoms with E-state index in [-0.39, 0.29) is 0 Å². The number of nitrogens with zero attached hydrogens (tertiary/aromatic N) is 3.